The Morgan fingerprint density at radius 1 is 1.33 bits per heavy atom. The molecule has 2 rings (SSSR count). The lowest BCUT2D eigenvalue weighted by Crippen LogP contribution is -2.39. The summed E-state index contributed by atoms with van der Waals surface area (Å²) in [5.74, 6) is 0.941. The van der Waals surface area contributed by atoms with Gasteiger partial charge in [0.1, 0.15) is 0 Å². The quantitative estimate of drug-likeness (QED) is 0.781. The molecule has 0 aliphatic heterocycles. The number of aryl methyl sites for hydroxylation is 1. The van der Waals surface area contributed by atoms with Gasteiger partial charge >= 0.3 is 6.03 Å². The fourth-order valence-electron chi connectivity index (χ4n) is 1.74. The number of aliphatic hydroxyl groups excluding tert-OH is 1. The highest BCUT2D eigenvalue weighted by molar-refractivity contribution is 5.89. The molecule has 1 heterocycles. The summed E-state index contributed by atoms with van der Waals surface area (Å²) in [6, 6.07) is 6.46. The molecule has 21 heavy (non-hydrogen) atoms. The average Bonchev–Trinajstić information content (AvgIpc) is 2.92. The van der Waals surface area contributed by atoms with Gasteiger partial charge in [-0.1, -0.05) is 6.92 Å². The molecular weight excluding hydrogens is 272 g/mol. The van der Waals surface area contributed by atoms with Gasteiger partial charge in [0.2, 0.25) is 11.8 Å². The number of hydrogen-bond acceptors (Lipinski definition) is 5. The van der Waals surface area contributed by atoms with Crippen LogP contribution in [0.15, 0.2) is 28.7 Å². The van der Waals surface area contributed by atoms with Gasteiger partial charge in [-0.05, 0) is 30.7 Å². The first kappa shape index (κ1) is 15.0. The molecule has 0 fully saturated rings. The van der Waals surface area contributed by atoms with Gasteiger partial charge in [-0.2, -0.15) is 0 Å². The maximum absolute atomic E-state index is 11.7. The fraction of sp³-hybridized carbons (Fsp3) is 0.357. The second-order valence-electron chi connectivity index (χ2n) is 4.59. The van der Waals surface area contributed by atoms with Gasteiger partial charge in [0.05, 0.1) is 12.6 Å². The van der Waals surface area contributed by atoms with Gasteiger partial charge in [0.25, 0.3) is 0 Å². The summed E-state index contributed by atoms with van der Waals surface area (Å²) < 4.78 is 5.32. The third-order valence-electron chi connectivity index (χ3n) is 2.96. The Labute approximate surface area is 122 Å². The Bertz CT molecular complexity index is 591. The largest absolute Gasteiger partial charge is 0.421 e. The number of carbonyl (C=O) groups is 1. The molecule has 3 N–H and O–H groups in total. The zero-order chi connectivity index (χ0) is 15.2. The molecule has 2 amide bonds. The summed E-state index contributed by atoms with van der Waals surface area (Å²) >= 11 is 0. The molecule has 2 aromatic rings. The standard InChI is InChI=1S/C14H18N4O3/c1-3-11(8-19)15-14(20)16-12-6-4-10(5-7-12)13-18-17-9(2)21-13/h4-7,11,19H,3,8H2,1-2H3,(H2,15,16,20). The van der Waals surface area contributed by atoms with Crippen molar-refractivity contribution in [3.8, 4) is 11.5 Å². The van der Waals surface area contributed by atoms with E-state index in [2.05, 4.69) is 20.8 Å². The Kier molecular flexibility index (Phi) is 4.89. The highest BCUT2D eigenvalue weighted by Crippen LogP contribution is 2.19. The minimum absolute atomic E-state index is 0.0840. The van der Waals surface area contributed by atoms with Crippen molar-refractivity contribution in [3.63, 3.8) is 0 Å². The number of hydrogen-bond donors (Lipinski definition) is 3. The van der Waals surface area contributed by atoms with E-state index in [0.717, 1.165) is 5.56 Å². The molecular formula is C14H18N4O3. The molecule has 0 aliphatic carbocycles. The van der Waals surface area contributed by atoms with E-state index in [1.807, 2.05) is 6.92 Å². The van der Waals surface area contributed by atoms with Gasteiger partial charge in [0.15, 0.2) is 0 Å². The van der Waals surface area contributed by atoms with Crippen LogP contribution in [0.5, 0.6) is 0 Å². The molecule has 0 saturated heterocycles. The number of carbonyl (C=O) groups excluding carboxylic acids is 1. The number of urea groups is 1. The molecule has 7 heteroatoms. The van der Waals surface area contributed by atoms with Gasteiger partial charge in [-0.15, -0.1) is 10.2 Å². The van der Waals surface area contributed by atoms with Gasteiger partial charge in [-0.25, -0.2) is 4.79 Å². The molecule has 1 unspecified atom stereocenters. The van der Waals surface area contributed by atoms with Crippen molar-refractivity contribution in [1.29, 1.82) is 0 Å². The summed E-state index contributed by atoms with van der Waals surface area (Å²) in [6.45, 7) is 3.53. The van der Waals surface area contributed by atoms with Crippen LogP contribution in [0.3, 0.4) is 0 Å². The van der Waals surface area contributed by atoms with E-state index in [0.29, 0.717) is 23.9 Å². The summed E-state index contributed by atoms with van der Waals surface area (Å²) in [7, 11) is 0. The van der Waals surface area contributed by atoms with Crippen LogP contribution in [0.2, 0.25) is 0 Å². The molecule has 0 bridgehead atoms. The lowest BCUT2D eigenvalue weighted by molar-refractivity contribution is 0.222. The molecule has 0 aliphatic rings. The van der Waals surface area contributed by atoms with Crippen LogP contribution in [0, 0.1) is 6.92 Å². The monoisotopic (exact) mass is 290 g/mol. The topological polar surface area (TPSA) is 100 Å². The maximum Gasteiger partial charge on any atom is 0.319 e. The molecule has 1 atom stereocenters. The van der Waals surface area contributed by atoms with Gasteiger partial charge in [0, 0.05) is 18.2 Å². The molecule has 112 valence electrons. The highest BCUT2D eigenvalue weighted by Gasteiger charge is 2.10. The van der Waals surface area contributed by atoms with Crippen molar-refractivity contribution in [1.82, 2.24) is 15.5 Å². The van der Waals surface area contributed by atoms with E-state index < -0.39 is 0 Å². The Balaban J connectivity index is 1.98. The zero-order valence-corrected chi connectivity index (χ0v) is 12.0. The number of anilines is 1. The molecule has 0 saturated carbocycles. The first-order chi connectivity index (χ1) is 10.1. The van der Waals surface area contributed by atoms with Crippen molar-refractivity contribution in [2.45, 2.75) is 26.3 Å². The minimum atomic E-state index is -0.350. The molecule has 0 spiro atoms. The van der Waals surface area contributed by atoms with E-state index in [-0.39, 0.29) is 18.7 Å². The number of benzene rings is 1. The molecule has 7 nitrogen and oxygen atoms in total. The van der Waals surface area contributed by atoms with E-state index >= 15 is 0 Å². The lowest BCUT2D eigenvalue weighted by atomic mass is 10.2. The summed E-state index contributed by atoms with van der Waals surface area (Å²) in [5, 5.41) is 22.1. The minimum Gasteiger partial charge on any atom is -0.421 e. The van der Waals surface area contributed by atoms with Crippen LogP contribution in [-0.4, -0.2) is 34.0 Å². The van der Waals surface area contributed by atoms with Crippen molar-refractivity contribution < 1.29 is 14.3 Å². The summed E-state index contributed by atoms with van der Waals surface area (Å²) in [4.78, 5) is 11.7. The lowest BCUT2D eigenvalue weighted by Gasteiger charge is -2.14. The van der Waals surface area contributed by atoms with Crippen LogP contribution in [0.4, 0.5) is 10.5 Å². The number of nitrogens with zero attached hydrogens (tertiary/aromatic N) is 2. The van der Waals surface area contributed by atoms with Crippen LogP contribution < -0.4 is 10.6 Å². The molecule has 1 aromatic heterocycles. The van der Waals surface area contributed by atoms with E-state index in [1.54, 1.807) is 31.2 Å². The predicted molar refractivity (Wildman–Crippen MR) is 77.8 cm³/mol. The number of aromatic nitrogens is 2. The second kappa shape index (κ2) is 6.85. The third kappa shape index (κ3) is 4.03. The zero-order valence-electron chi connectivity index (χ0n) is 12.0. The van der Waals surface area contributed by atoms with Crippen LogP contribution in [0.25, 0.3) is 11.5 Å². The third-order valence-corrected chi connectivity index (χ3v) is 2.96. The SMILES string of the molecule is CCC(CO)NC(=O)Nc1ccc(-c2nnc(C)o2)cc1. The number of aliphatic hydroxyl groups is 1. The van der Waals surface area contributed by atoms with Gasteiger partial charge in [-0.3, -0.25) is 0 Å². The van der Waals surface area contributed by atoms with Crippen molar-refractivity contribution >= 4 is 11.7 Å². The van der Waals surface area contributed by atoms with Crippen molar-refractivity contribution in [3.05, 3.63) is 30.2 Å². The summed E-state index contributed by atoms with van der Waals surface area (Å²) in [5.41, 5.74) is 1.42. The van der Waals surface area contributed by atoms with E-state index in [9.17, 15) is 4.79 Å². The Morgan fingerprint density at radius 3 is 2.57 bits per heavy atom. The normalized spacial score (nSPS) is 12.0. The fourth-order valence-corrected chi connectivity index (χ4v) is 1.74. The number of nitrogens with one attached hydrogen (secondary N) is 2. The van der Waals surface area contributed by atoms with E-state index in [4.69, 9.17) is 9.52 Å². The average molecular weight is 290 g/mol. The van der Waals surface area contributed by atoms with Gasteiger partial charge < -0.3 is 20.2 Å². The van der Waals surface area contributed by atoms with Crippen LogP contribution in [-0.2, 0) is 0 Å². The predicted octanol–water partition coefficient (Wildman–Crippen LogP) is 1.94. The van der Waals surface area contributed by atoms with Crippen LogP contribution in [0.1, 0.15) is 19.2 Å². The Morgan fingerprint density at radius 2 is 2.05 bits per heavy atom. The maximum atomic E-state index is 11.7. The van der Waals surface area contributed by atoms with Crippen molar-refractivity contribution in [2.24, 2.45) is 0 Å². The van der Waals surface area contributed by atoms with Crippen LogP contribution >= 0.6 is 0 Å². The molecule has 1 aromatic carbocycles. The highest BCUT2D eigenvalue weighted by atomic mass is 16.4. The van der Waals surface area contributed by atoms with Crippen molar-refractivity contribution in [2.75, 3.05) is 11.9 Å². The smallest absolute Gasteiger partial charge is 0.319 e. The first-order valence-corrected chi connectivity index (χ1v) is 6.71. The first-order valence-electron chi connectivity index (χ1n) is 6.71. The Hall–Kier alpha value is -2.41. The molecule has 0 radical (unpaired) electrons. The van der Waals surface area contributed by atoms with E-state index in [1.165, 1.54) is 0 Å². The summed E-state index contributed by atoms with van der Waals surface area (Å²) in [6.07, 6.45) is 0.666. The number of amides is 2. The second-order valence-corrected chi connectivity index (χ2v) is 4.59. The number of rotatable bonds is 5.